The van der Waals surface area contributed by atoms with Crippen molar-refractivity contribution in [2.24, 2.45) is 0 Å². The summed E-state index contributed by atoms with van der Waals surface area (Å²) in [7, 11) is 0. The van der Waals surface area contributed by atoms with E-state index in [0.717, 1.165) is 21.2 Å². The first-order chi connectivity index (χ1) is 9.66. The van der Waals surface area contributed by atoms with Crippen LogP contribution in [-0.2, 0) is 0 Å². The summed E-state index contributed by atoms with van der Waals surface area (Å²) in [6, 6.07) is 15.9. The number of benzene rings is 2. The summed E-state index contributed by atoms with van der Waals surface area (Å²) in [5.74, 6) is 1.08. The van der Waals surface area contributed by atoms with Crippen LogP contribution in [0.5, 0.6) is 0 Å². The Labute approximate surface area is 138 Å². The molecule has 0 saturated carbocycles. The van der Waals surface area contributed by atoms with Crippen LogP contribution in [0.3, 0.4) is 0 Å². The zero-order valence-electron chi connectivity index (χ0n) is 10.3. The molecule has 2 aromatic carbocycles. The second-order valence-corrected chi connectivity index (χ2v) is 6.36. The average molecular weight is 441 g/mol. The summed E-state index contributed by atoms with van der Waals surface area (Å²) in [5.41, 5.74) is 8.73. The highest BCUT2D eigenvalue weighted by atomic mass is 127. The number of aromatic nitrogens is 1. The molecule has 0 aliphatic carbocycles. The third-order valence-corrected chi connectivity index (χ3v) is 4.38. The van der Waals surface area contributed by atoms with Gasteiger partial charge in [-0.15, -0.1) is 0 Å². The molecule has 1 aromatic heterocycles. The number of nitrogens with zero attached hydrogens (tertiary/aromatic N) is 1. The van der Waals surface area contributed by atoms with E-state index in [2.05, 4.69) is 43.7 Å². The van der Waals surface area contributed by atoms with E-state index in [4.69, 9.17) is 10.3 Å². The van der Waals surface area contributed by atoms with Gasteiger partial charge in [0.2, 0.25) is 0 Å². The van der Waals surface area contributed by atoms with Gasteiger partial charge in [0.1, 0.15) is 0 Å². The first-order valence-corrected chi connectivity index (χ1v) is 7.80. The van der Waals surface area contributed by atoms with Crippen LogP contribution in [0.4, 0.5) is 5.82 Å². The highest BCUT2D eigenvalue weighted by Crippen LogP contribution is 2.39. The van der Waals surface area contributed by atoms with Crippen molar-refractivity contribution >= 4 is 44.3 Å². The molecule has 0 bridgehead atoms. The van der Waals surface area contributed by atoms with Crippen LogP contribution in [-0.4, -0.2) is 5.16 Å². The fourth-order valence-electron chi connectivity index (χ4n) is 2.02. The molecule has 0 aliphatic rings. The van der Waals surface area contributed by atoms with Gasteiger partial charge in [0.25, 0.3) is 0 Å². The van der Waals surface area contributed by atoms with Crippen LogP contribution in [0.25, 0.3) is 22.5 Å². The molecular formula is C15H10BrIN2O. The molecule has 1 heterocycles. The summed E-state index contributed by atoms with van der Waals surface area (Å²) in [5, 5.41) is 3.91. The highest BCUT2D eigenvalue weighted by Gasteiger charge is 2.19. The first-order valence-electron chi connectivity index (χ1n) is 5.93. The van der Waals surface area contributed by atoms with Gasteiger partial charge in [-0.2, -0.15) is 0 Å². The van der Waals surface area contributed by atoms with Gasteiger partial charge in [-0.3, -0.25) is 0 Å². The van der Waals surface area contributed by atoms with Crippen molar-refractivity contribution in [3.63, 3.8) is 0 Å². The van der Waals surface area contributed by atoms with Gasteiger partial charge in [-0.05, 0) is 40.8 Å². The summed E-state index contributed by atoms with van der Waals surface area (Å²) in [4.78, 5) is 0. The van der Waals surface area contributed by atoms with Crippen LogP contribution >= 0.6 is 38.5 Å². The molecule has 3 aromatic rings. The van der Waals surface area contributed by atoms with Crippen molar-refractivity contribution in [3.05, 3.63) is 56.6 Å². The molecule has 100 valence electrons. The quantitative estimate of drug-likeness (QED) is 0.573. The van der Waals surface area contributed by atoms with Crippen LogP contribution in [0.1, 0.15) is 0 Å². The van der Waals surface area contributed by atoms with Crippen molar-refractivity contribution in [1.29, 1.82) is 0 Å². The Kier molecular flexibility index (Phi) is 3.80. The predicted octanol–water partition coefficient (Wildman–Crippen LogP) is 4.96. The van der Waals surface area contributed by atoms with Crippen LogP contribution < -0.4 is 5.73 Å². The maximum absolute atomic E-state index is 5.98. The molecular weight excluding hydrogens is 431 g/mol. The first kappa shape index (κ1) is 13.6. The molecule has 2 N–H and O–H groups in total. The summed E-state index contributed by atoms with van der Waals surface area (Å²) >= 11 is 5.81. The summed E-state index contributed by atoms with van der Waals surface area (Å²) in [6.07, 6.45) is 0. The molecule has 20 heavy (non-hydrogen) atoms. The fraction of sp³-hybridized carbons (Fsp3) is 0. The molecule has 3 nitrogen and oxygen atoms in total. The van der Waals surface area contributed by atoms with Gasteiger partial charge in [0.05, 0.1) is 5.56 Å². The minimum absolute atomic E-state index is 0.394. The van der Waals surface area contributed by atoms with E-state index in [-0.39, 0.29) is 0 Å². The molecule has 5 heteroatoms. The molecule has 0 unspecified atom stereocenters. The lowest BCUT2D eigenvalue weighted by Gasteiger charge is -2.05. The van der Waals surface area contributed by atoms with Gasteiger partial charge in [-0.25, -0.2) is 0 Å². The Morgan fingerprint density at radius 1 is 1.05 bits per heavy atom. The Hall–Kier alpha value is -1.34. The van der Waals surface area contributed by atoms with E-state index in [0.29, 0.717) is 11.6 Å². The van der Waals surface area contributed by atoms with Gasteiger partial charge < -0.3 is 10.3 Å². The number of halogens is 2. The molecule has 0 spiro atoms. The van der Waals surface area contributed by atoms with E-state index in [1.54, 1.807) is 0 Å². The minimum Gasteiger partial charge on any atom is -0.380 e. The number of nitrogens with two attached hydrogens (primary N) is 1. The molecule has 3 rings (SSSR count). The molecule has 0 amide bonds. The maximum Gasteiger partial charge on any atom is 0.176 e. The Morgan fingerprint density at radius 2 is 1.75 bits per heavy atom. The topological polar surface area (TPSA) is 52.0 Å². The van der Waals surface area contributed by atoms with Crippen molar-refractivity contribution in [1.82, 2.24) is 5.16 Å². The Bertz CT molecular complexity index is 753. The maximum atomic E-state index is 5.98. The van der Waals surface area contributed by atoms with Crippen molar-refractivity contribution in [2.75, 3.05) is 5.73 Å². The number of anilines is 1. The van der Waals surface area contributed by atoms with Gasteiger partial charge in [0, 0.05) is 19.2 Å². The largest absolute Gasteiger partial charge is 0.380 e. The Balaban J connectivity index is 2.20. The van der Waals surface area contributed by atoms with Gasteiger partial charge in [0.15, 0.2) is 11.6 Å². The van der Waals surface area contributed by atoms with E-state index in [9.17, 15) is 0 Å². The normalized spacial score (nSPS) is 10.7. The summed E-state index contributed by atoms with van der Waals surface area (Å²) in [6.45, 7) is 0. The average Bonchev–Trinajstić information content (AvgIpc) is 2.82. The second kappa shape index (κ2) is 5.57. The van der Waals surface area contributed by atoms with Crippen molar-refractivity contribution < 1.29 is 4.52 Å². The summed E-state index contributed by atoms with van der Waals surface area (Å²) < 4.78 is 7.56. The van der Waals surface area contributed by atoms with Crippen molar-refractivity contribution in [3.8, 4) is 22.5 Å². The molecule has 0 aliphatic heterocycles. The number of hydrogen-bond acceptors (Lipinski definition) is 3. The minimum atomic E-state index is 0.394. The lowest BCUT2D eigenvalue weighted by Crippen LogP contribution is -1.89. The molecule has 0 atom stereocenters. The van der Waals surface area contributed by atoms with Gasteiger partial charge >= 0.3 is 0 Å². The smallest absolute Gasteiger partial charge is 0.176 e. The second-order valence-electron chi connectivity index (χ2n) is 4.26. The number of hydrogen-bond donors (Lipinski definition) is 1. The lowest BCUT2D eigenvalue weighted by molar-refractivity contribution is 0.436. The monoisotopic (exact) mass is 440 g/mol. The molecule has 0 radical (unpaired) electrons. The molecule has 0 saturated heterocycles. The van der Waals surface area contributed by atoms with E-state index in [1.807, 2.05) is 48.5 Å². The van der Waals surface area contributed by atoms with E-state index < -0.39 is 0 Å². The zero-order valence-corrected chi connectivity index (χ0v) is 14.1. The van der Waals surface area contributed by atoms with Crippen molar-refractivity contribution in [2.45, 2.75) is 0 Å². The number of rotatable bonds is 2. The number of nitrogen functional groups attached to an aromatic ring is 1. The lowest BCUT2D eigenvalue weighted by atomic mass is 10.0. The standard InChI is InChI=1S/C15H10BrIN2O/c16-12-4-2-1-3-11(12)13-14(20-19-15(13)18)9-5-7-10(17)8-6-9/h1-8H,(H2,18,19). The SMILES string of the molecule is Nc1noc(-c2ccc(I)cc2)c1-c1ccccc1Br. The Morgan fingerprint density at radius 3 is 2.45 bits per heavy atom. The van der Waals surface area contributed by atoms with Gasteiger partial charge in [-0.1, -0.05) is 51.4 Å². The predicted molar refractivity (Wildman–Crippen MR) is 92.2 cm³/mol. The van der Waals surface area contributed by atoms with Crippen LogP contribution in [0.15, 0.2) is 57.5 Å². The zero-order chi connectivity index (χ0) is 14.1. The molecule has 0 fully saturated rings. The third-order valence-electron chi connectivity index (χ3n) is 2.97. The fourth-order valence-corrected chi connectivity index (χ4v) is 2.87. The van der Waals surface area contributed by atoms with E-state index in [1.165, 1.54) is 3.57 Å². The van der Waals surface area contributed by atoms with E-state index >= 15 is 0 Å². The van der Waals surface area contributed by atoms with Crippen LogP contribution in [0.2, 0.25) is 0 Å². The highest BCUT2D eigenvalue weighted by molar-refractivity contribution is 14.1. The van der Waals surface area contributed by atoms with Crippen LogP contribution in [0, 0.1) is 3.57 Å². The third kappa shape index (κ3) is 2.47.